The van der Waals surface area contributed by atoms with Crippen molar-refractivity contribution in [2.45, 2.75) is 6.92 Å². The summed E-state index contributed by atoms with van der Waals surface area (Å²) in [6.45, 7) is 1.78. The summed E-state index contributed by atoms with van der Waals surface area (Å²) in [4.78, 5) is 22.9. The van der Waals surface area contributed by atoms with Gasteiger partial charge in [0.15, 0.2) is 5.11 Å². The van der Waals surface area contributed by atoms with E-state index < -0.39 is 4.92 Å². The number of phenolic OH excluding ortho intramolecular Hbond substituents is 1. The molecule has 30 heavy (non-hydrogen) atoms. The summed E-state index contributed by atoms with van der Waals surface area (Å²) in [5.74, 6) is -0.293. The van der Waals surface area contributed by atoms with Gasteiger partial charge in [0.05, 0.1) is 28.6 Å². The zero-order valence-corrected chi connectivity index (χ0v) is 16.9. The fourth-order valence-electron chi connectivity index (χ4n) is 2.77. The maximum absolute atomic E-state index is 12.8. The van der Waals surface area contributed by atoms with Crippen molar-refractivity contribution in [2.75, 3.05) is 5.32 Å². The van der Waals surface area contributed by atoms with Gasteiger partial charge in [-0.15, -0.1) is 0 Å². The van der Waals surface area contributed by atoms with Crippen LogP contribution in [-0.4, -0.2) is 30.7 Å². The lowest BCUT2D eigenvalue weighted by Crippen LogP contribution is -2.28. The summed E-state index contributed by atoms with van der Waals surface area (Å²) >= 11 is 5.18. The van der Waals surface area contributed by atoms with E-state index in [2.05, 4.69) is 15.8 Å². The molecule has 0 fully saturated rings. The van der Waals surface area contributed by atoms with Crippen molar-refractivity contribution in [3.63, 3.8) is 0 Å². The van der Waals surface area contributed by atoms with Crippen molar-refractivity contribution < 1.29 is 10.0 Å². The second-order valence-electron chi connectivity index (χ2n) is 6.26. The number of nitrogens with one attached hydrogen (secondary N) is 2. The number of aromatic hydroxyl groups is 1. The molecule has 2 aromatic carbocycles. The van der Waals surface area contributed by atoms with Crippen LogP contribution in [0.3, 0.4) is 0 Å². The lowest BCUT2D eigenvalue weighted by Gasteiger charge is -2.07. The zero-order chi connectivity index (χ0) is 21.8. The molecule has 0 aliphatic carbocycles. The third kappa shape index (κ3) is 4.20. The average molecular weight is 426 g/mol. The van der Waals surface area contributed by atoms with E-state index in [0.29, 0.717) is 17.1 Å². The molecule has 0 saturated carbocycles. The zero-order valence-electron chi connectivity index (χ0n) is 16.1. The number of nitro groups is 1. The number of phenols is 1. The minimum Gasteiger partial charge on any atom is -0.507 e. The van der Waals surface area contributed by atoms with Crippen LogP contribution in [-0.2, 0) is 7.05 Å². The van der Waals surface area contributed by atoms with Crippen LogP contribution in [0.25, 0.3) is 5.69 Å². The van der Waals surface area contributed by atoms with Crippen molar-refractivity contribution in [2.24, 2.45) is 12.1 Å². The Labute approximate surface area is 176 Å². The molecule has 0 aliphatic rings. The Balaban J connectivity index is 1.74. The standard InChI is InChI=1S/C19H18N6O4S/c1-12-17(18(27)24(23(12)2)14-6-4-3-5-7-14)21-19(30)22-20-11-13-8-9-15(25(28)29)10-16(13)26/h3-11,26H,1-2H3,(H2,21,22,30). The molecule has 0 amide bonds. The first kappa shape index (κ1) is 20.7. The van der Waals surface area contributed by atoms with Crippen LogP contribution in [0.4, 0.5) is 11.4 Å². The first-order valence-corrected chi connectivity index (χ1v) is 9.12. The molecule has 3 aromatic rings. The molecule has 0 saturated heterocycles. The summed E-state index contributed by atoms with van der Waals surface area (Å²) in [7, 11) is 1.76. The van der Waals surface area contributed by atoms with Gasteiger partial charge >= 0.3 is 0 Å². The molecule has 0 aliphatic heterocycles. The van der Waals surface area contributed by atoms with Gasteiger partial charge in [0.2, 0.25) is 0 Å². The van der Waals surface area contributed by atoms with Gasteiger partial charge in [-0.25, -0.2) is 4.68 Å². The number of non-ortho nitro benzene ring substituents is 1. The number of benzene rings is 2. The highest BCUT2D eigenvalue weighted by Crippen LogP contribution is 2.21. The predicted octanol–water partition coefficient (Wildman–Crippen LogP) is 2.42. The quantitative estimate of drug-likeness (QED) is 0.247. The van der Waals surface area contributed by atoms with Gasteiger partial charge in [-0.1, -0.05) is 18.2 Å². The lowest BCUT2D eigenvalue weighted by atomic mass is 10.2. The van der Waals surface area contributed by atoms with Gasteiger partial charge in [0.1, 0.15) is 11.4 Å². The fraction of sp³-hybridized carbons (Fsp3) is 0.105. The van der Waals surface area contributed by atoms with Gasteiger partial charge in [-0.2, -0.15) is 5.10 Å². The number of para-hydroxylation sites is 1. The predicted molar refractivity (Wildman–Crippen MR) is 117 cm³/mol. The van der Waals surface area contributed by atoms with Gasteiger partial charge in [-0.3, -0.25) is 25.0 Å². The second kappa shape index (κ2) is 8.57. The second-order valence-corrected chi connectivity index (χ2v) is 6.67. The SMILES string of the molecule is Cc1c(NC(=S)NN=Cc2ccc([N+](=O)[O-])cc2O)c(=O)n(-c2ccccc2)n1C. The Morgan fingerprint density at radius 1 is 1.27 bits per heavy atom. The molecule has 0 atom stereocenters. The largest absolute Gasteiger partial charge is 0.507 e. The normalized spacial score (nSPS) is 10.9. The van der Waals surface area contributed by atoms with E-state index >= 15 is 0 Å². The van der Waals surface area contributed by atoms with Crippen molar-refractivity contribution in [3.8, 4) is 11.4 Å². The number of aromatic nitrogens is 2. The van der Waals surface area contributed by atoms with Crippen molar-refractivity contribution in [1.82, 2.24) is 14.8 Å². The molecule has 1 aromatic heterocycles. The first-order valence-electron chi connectivity index (χ1n) is 8.71. The average Bonchev–Trinajstić information content (AvgIpc) is 2.93. The van der Waals surface area contributed by atoms with Crippen molar-refractivity contribution in [3.05, 3.63) is 80.3 Å². The highest BCUT2D eigenvalue weighted by Gasteiger charge is 2.16. The number of rotatable bonds is 5. The molecule has 0 radical (unpaired) electrons. The minimum absolute atomic E-state index is 0.0682. The molecule has 0 unspecified atom stereocenters. The number of anilines is 1. The molecule has 0 bridgehead atoms. The van der Waals surface area contributed by atoms with Crippen LogP contribution in [0.5, 0.6) is 5.75 Å². The molecule has 1 heterocycles. The monoisotopic (exact) mass is 426 g/mol. The highest BCUT2D eigenvalue weighted by molar-refractivity contribution is 7.80. The highest BCUT2D eigenvalue weighted by atomic mass is 32.1. The van der Waals surface area contributed by atoms with Gasteiger partial charge < -0.3 is 10.4 Å². The maximum atomic E-state index is 12.8. The molecule has 0 spiro atoms. The number of hydrogen-bond donors (Lipinski definition) is 3. The van der Waals surface area contributed by atoms with Gasteiger partial charge in [0.25, 0.3) is 11.2 Å². The Kier molecular flexibility index (Phi) is 5.93. The van der Waals surface area contributed by atoms with E-state index in [4.69, 9.17) is 12.2 Å². The smallest absolute Gasteiger partial charge is 0.295 e. The molecule has 10 nitrogen and oxygen atoms in total. The summed E-state index contributed by atoms with van der Waals surface area (Å²) in [5.41, 5.74) is 3.99. The van der Waals surface area contributed by atoms with Crippen molar-refractivity contribution >= 4 is 34.9 Å². The van der Waals surface area contributed by atoms with E-state index in [0.717, 1.165) is 6.07 Å². The van der Waals surface area contributed by atoms with E-state index in [1.165, 1.54) is 23.0 Å². The maximum Gasteiger partial charge on any atom is 0.295 e. The van der Waals surface area contributed by atoms with Crippen LogP contribution in [0, 0.1) is 17.0 Å². The Morgan fingerprint density at radius 3 is 2.60 bits per heavy atom. The van der Waals surface area contributed by atoms with E-state index in [9.17, 15) is 20.0 Å². The van der Waals surface area contributed by atoms with E-state index in [-0.39, 0.29) is 27.7 Å². The van der Waals surface area contributed by atoms with E-state index in [1.807, 2.05) is 30.3 Å². The fourth-order valence-corrected chi connectivity index (χ4v) is 2.92. The van der Waals surface area contributed by atoms with Crippen molar-refractivity contribution in [1.29, 1.82) is 0 Å². The third-order valence-electron chi connectivity index (χ3n) is 4.39. The molecular formula is C19H18N6O4S. The van der Waals surface area contributed by atoms with Crippen LogP contribution < -0.4 is 16.3 Å². The number of thiocarbonyl (C=S) groups is 1. The van der Waals surface area contributed by atoms with Gasteiger partial charge in [0, 0.05) is 18.7 Å². The molecule has 11 heteroatoms. The lowest BCUT2D eigenvalue weighted by molar-refractivity contribution is -0.384. The van der Waals surface area contributed by atoms with Crippen LogP contribution in [0.2, 0.25) is 0 Å². The van der Waals surface area contributed by atoms with Crippen LogP contribution in [0.15, 0.2) is 58.4 Å². The van der Waals surface area contributed by atoms with Crippen LogP contribution >= 0.6 is 12.2 Å². The summed E-state index contributed by atoms with van der Waals surface area (Å²) in [6, 6.07) is 12.8. The number of nitrogens with zero attached hydrogens (tertiary/aromatic N) is 4. The molecule has 154 valence electrons. The van der Waals surface area contributed by atoms with Gasteiger partial charge in [-0.05, 0) is 37.3 Å². The first-order chi connectivity index (χ1) is 14.3. The van der Waals surface area contributed by atoms with Crippen LogP contribution in [0.1, 0.15) is 11.3 Å². The molecular weight excluding hydrogens is 408 g/mol. The Morgan fingerprint density at radius 2 is 1.97 bits per heavy atom. The Hall–Kier alpha value is -3.99. The number of nitro benzene ring substituents is 1. The Bertz CT molecular complexity index is 1200. The number of hydrazone groups is 1. The summed E-state index contributed by atoms with van der Waals surface area (Å²) < 4.78 is 3.22. The number of hydrogen-bond acceptors (Lipinski definition) is 6. The third-order valence-corrected chi connectivity index (χ3v) is 4.58. The molecule has 3 N–H and O–H groups in total. The topological polar surface area (TPSA) is 127 Å². The van der Waals surface area contributed by atoms with E-state index in [1.54, 1.807) is 18.7 Å². The summed E-state index contributed by atoms with van der Waals surface area (Å²) in [5, 5.41) is 27.3. The minimum atomic E-state index is -0.609. The summed E-state index contributed by atoms with van der Waals surface area (Å²) in [6.07, 6.45) is 1.26. The molecule has 3 rings (SSSR count).